The first-order valence-corrected chi connectivity index (χ1v) is 9.65. The van der Waals surface area contributed by atoms with Crippen LogP contribution in [0.15, 0.2) is 47.0 Å². The van der Waals surface area contributed by atoms with Crippen molar-refractivity contribution < 1.29 is 18.1 Å². The van der Waals surface area contributed by atoms with Crippen LogP contribution in [0.25, 0.3) is 11.0 Å². The summed E-state index contributed by atoms with van der Waals surface area (Å²) in [5, 5.41) is 5.03. The molecule has 0 amide bonds. The zero-order valence-electron chi connectivity index (χ0n) is 15.7. The maximum Gasteiger partial charge on any atom is 0.179 e. The number of Topliss-reactive ketones (excluding diaryl/α,β-unsaturated/α-hetero) is 1. The molecule has 3 aromatic rings. The van der Waals surface area contributed by atoms with Gasteiger partial charge in [0.25, 0.3) is 0 Å². The van der Waals surface area contributed by atoms with E-state index in [9.17, 15) is 13.6 Å². The third-order valence-corrected chi connectivity index (χ3v) is 5.64. The lowest BCUT2D eigenvalue weighted by atomic mass is 9.89. The first-order valence-electron chi connectivity index (χ1n) is 9.65. The van der Waals surface area contributed by atoms with Crippen molar-refractivity contribution in [3.05, 3.63) is 65.4 Å². The van der Waals surface area contributed by atoms with Crippen LogP contribution in [0.1, 0.15) is 48.2 Å². The minimum atomic E-state index is -0.342. The summed E-state index contributed by atoms with van der Waals surface area (Å²) >= 11 is 0. The van der Waals surface area contributed by atoms with Gasteiger partial charge in [-0.05, 0) is 68.8 Å². The molecule has 1 saturated heterocycles. The molecule has 2 aromatic carbocycles. The summed E-state index contributed by atoms with van der Waals surface area (Å²) in [4.78, 5) is 15.1. The second kappa shape index (κ2) is 7.80. The van der Waals surface area contributed by atoms with Gasteiger partial charge in [0.2, 0.25) is 0 Å². The fraction of sp³-hybridized carbons (Fsp3) is 0.364. The highest BCUT2D eigenvalue weighted by Gasteiger charge is 2.31. The number of piperidine rings is 1. The van der Waals surface area contributed by atoms with Gasteiger partial charge in [-0.1, -0.05) is 12.1 Å². The van der Waals surface area contributed by atoms with Gasteiger partial charge >= 0.3 is 0 Å². The summed E-state index contributed by atoms with van der Waals surface area (Å²) in [6, 6.07) is 10.0. The van der Waals surface area contributed by atoms with Gasteiger partial charge in [0.05, 0.1) is 11.7 Å². The molecule has 146 valence electrons. The minimum Gasteiger partial charge on any atom is -0.356 e. The third kappa shape index (κ3) is 3.56. The predicted octanol–water partition coefficient (Wildman–Crippen LogP) is 4.95. The molecular formula is C22H22F2N2O2. The first kappa shape index (κ1) is 18.7. The SMILES string of the molecule is CCC(C(=O)c1ccc(F)cc1)N1CCC(c2noc3cc(F)ccc23)CC1. The molecule has 1 aliphatic heterocycles. The molecule has 0 radical (unpaired) electrons. The van der Waals surface area contributed by atoms with E-state index in [2.05, 4.69) is 10.1 Å². The van der Waals surface area contributed by atoms with E-state index < -0.39 is 0 Å². The van der Waals surface area contributed by atoms with E-state index in [1.165, 1.54) is 24.3 Å². The number of rotatable bonds is 5. The van der Waals surface area contributed by atoms with E-state index in [4.69, 9.17) is 4.52 Å². The normalized spacial score (nSPS) is 17.1. The van der Waals surface area contributed by atoms with E-state index in [1.54, 1.807) is 18.2 Å². The molecule has 1 fully saturated rings. The number of ketones is 1. The summed E-state index contributed by atoms with van der Waals surface area (Å²) in [6.07, 6.45) is 2.41. The zero-order valence-corrected chi connectivity index (χ0v) is 15.7. The Kier molecular flexibility index (Phi) is 5.22. The molecule has 28 heavy (non-hydrogen) atoms. The Morgan fingerprint density at radius 2 is 1.82 bits per heavy atom. The third-order valence-electron chi connectivity index (χ3n) is 5.64. The predicted molar refractivity (Wildman–Crippen MR) is 102 cm³/mol. The number of fused-ring (bicyclic) bond motifs is 1. The Bertz CT molecular complexity index is 976. The Morgan fingerprint density at radius 3 is 2.50 bits per heavy atom. The Labute approximate surface area is 162 Å². The minimum absolute atomic E-state index is 0.0308. The van der Waals surface area contributed by atoms with Gasteiger partial charge in [-0.25, -0.2) is 8.78 Å². The smallest absolute Gasteiger partial charge is 0.179 e. The summed E-state index contributed by atoms with van der Waals surface area (Å²) in [5.41, 5.74) is 1.88. The standard InChI is InChI=1S/C22H22F2N2O2/c1-2-19(22(27)15-3-5-16(23)6-4-15)26-11-9-14(10-12-26)21-18-8-7-17(24)13-20(18)28-25-21/h3-8,13-14,19H,2,9-12H2,1H3. The number of carbonyl (C=O) groups is 1. The lowest BCUT2D eigenvalue weighted by molar-refractivity contribution is 0.0761. The van der Waals surface area contributed by atoms with Gasteiger partial charge in [-0.15, -0.1) is 0 Å². The maximum absolute atomic E-state index is 13.4. The molecule has 1 unspecified atom stereocenters. The number of carbonyl (C=O) groups excluding carboxylic acids is 1. The van der Waals surface area contributed by atoms with Gasteiger partial charge in [0.15, 0.2) is 11.4 Å². The molecule has 1 aliphatic rings. The van der Waals surface area contributed by atoms with Crippen molar-refractivity contribution in [3.63, 3.8) is 0 Å². The number of halogens is 2. The fourth-order valence-electron chi connectivity index (χ4n) is 4.13. The van der Waals surface area contributed by atoms with E-state index in [-0.39, 0.29) is 29.4 Å². The number of benzene rings is 2. The number of likely N-dealkylation sites (tertiary alicyclic amines) is 1. The van der Waals surface area contributed by atoms with Crippen LogP contribution in [0.3, 0.4) is 0 Å². The first-order chi connectivity index (χ1) is 13.6. The van der Waals surface area contributed by atoms with E-state index in [0.29, 0.717) is 17.6 Å². The van der Waals surface area contributed by atoms with Crippen molar-refractivity contribution in [1.29, 1.82) is 0 Å². The highest BCUT2D eigenvalue weighted by atomic mass is 19.1. The molecule has 0 saturated carbocycles. The topological polar surface area (TPSA) is 46.3 Å². The van der Waals surface area contributed by atoms with Crippen LogP contribution in [0, 0.1) is 11.6 Å². The van der Waals surface area contributed by atoms with Gasteiger partial charge in [-0.2, -0.15) is 0 Å². The van der Waals surface area contributed by atoms with Gasteiger partial charge in [0.1, 0.15) is 11.6 Å². The molecule has 0 spiro atoms. The number of hydrogen-bond donors (Lipinski definition) is 0. The Morgan fingerprint density at radius 1 is 1.14 bits per heavy atom. The van der Waals surface area contributed by atoms with Crippen LogP contribution in [0.4, 0.5) is 8.78 Å². The van der Waals surface area contributed by atoms with Gasteiger partial charge < -0.3 is 4.52 Å². The highest BCUT2D eigenvalue weighted by Crippen LogP contribution is 2.33. The van der Waals surface area contributed by atoms with E-state index in [1.807, 2.05) is 6.92 Å². The molecule has 0 bridgehead atoms. The number of nitrogens with zero attached hydrogens (tertiary/aromatic N) is 2. The molecule has 4 rings (SSSR count). The molecule has 6 heteroatoms. The van der Waals surface area contributed by atoms with Crippen molar-refractivity contribution in [1.82, 2.24) is 10.1 Å². The van der Waals surface area contributed by atoms with Gasteiger partial charge in [0, 0.05) is 22.9 Å². The van der Waals surface area contributed by atoms with E-state index >= 15 is 0 Å². The Hall–Kier alpha value is -2.60. The van der Waals surface area contributed by atoms with Crippen LogP contribution >= 0.6 is 0 Å². The quantitative estimate of drug-likeness (QED) is 0.584. The largest absolute Gasteiger partial charge is 0.356 e. The van der Waals surface area contributed by atoms with Crippen molar-refractivity contribution >= 4 is 16.8 Å². The summed E-state index contributed by atoms with van der Waals surface area (Å²) < 4.78 is 31.8. The molecule has 0 aliphatic carbocycles. The second-order valence-corrected chi connectivity index (χ2v) is 7.31. The fourth-order valence-corrected chi connectivity index (χ4v) is 4.13. The highest BCUT2D eigenvalue weighted by molar-refractivity contribution is 6.00. The van der Waals surface area contributed by atoms with Crippen LogP contribution in [0.5, 0.6) is 0 Å². The van der Waals surface area contributed by atoms with Crippen molar-refractivity contribution in [2.24, 2.45) is 0 Å². The lowest BCUT2D eigenvalue weighted by Gasteiger charge is -2.36. The van der Waals surface area contributed by atoms with Crippen molar-refractivity contribution in [2.75, 3.05) is 13.1 Å². The number of hydrogen-bond acceptors (Lipinski definition) is 4. The molecule has 2 heterocycles. The van der Waals surface area contributed by atoms with E-state index in [0.717, 1.165) is 37.0 Å². The molecule has 1 aromatic heterocycles. The average molecular weight is 384 g/mol. The summed E-state index contributed by atoms with van der Waals surface area (Å²) in [6.45, 7) is 3.54. The number of aromatic nitrogens is 1. The van der Waals surface area contributed by atoms with Crippen LogP contribution in [-0.2, 0) is 0 Å². The monoisotopic (exact) mass is 384 g/mol. The molecule has 1 atom stereocenters. The summed E-state index contributed by atoms with van der Waals surface area (Å²) in [5.74, 6) is -0.426. The molecule has 4 nitrogen and oxygen atoms in total. The molecular weight excluding hydrogens is 362 g/mol. The Balaban J connectivity index is 1.46. The zero-order chi connectivity index (χ0) is 19.7. The van der Waals surface area contributed by atoms with Gasteiger partial charge in [-0.3, -0.25) is 9.69 Å². The lowest BCUT2D eigenvalue weighted by Crippen LogP contribution is -2.45. The van der Waals surface area contributed by atoms with Crippen molar-refractivity contribution in [3.8, 4) is 0 Å². The second-order valence-electron chi connectivity index (χ2n) is 7.31. The van der Waals surface area contributed by atoms with Crippen LogP contribution in [0.2, 0.25) is 0 Å². The van der Waals surface area contributed by atoms with Crippen LogP contribution < -0.4 is 0 Å². The maximum atomic E-state index is 13.4. The van der Waals surface area contributed by atoms with Crippen LogP contribution in [-0.4, -0.2) is 35.0 Å². The van der Waals surface area contributed by atoms with Crippen molar-refractivity contribution in [2.45, 2.75) is 38.1 Å². The molecule has 0 N–H and O–H groups in total. The summed E-state index contributed by atoms with van der Waals surface area (Å²) in [7, 11) is 0. The average Bonchev–Trinajstić information content (AvgIpc) is 3.12.